The fraction of sp³-hybridized carbons (Fsp3) is 0.263. The summed E-state index contributed by atoms with van der Waals surface area (Å²) in [6.07, 6.45) is 0. The molecule has 2 amide bonds. The van der Waals surface area contributed by atoms with Gasteiger partial charge in [0.25, 0.3) is 5.91 Å². The highest BCUT2D eigenvalue weighted by Crippen LogP contribution is 2.56. The van der Waals surface area contributed by atoms with E-state index in [1.807, 2.05) is 57.2 Å². The Balaban J connectivity index is 1.97. The average molecular weight is 338 g/mol. The lowest BCUT2D eigenvalue weighted by Gasteiger charge is -2.32. The van der Waals surface area contributed by atoms with E-state index < -0.39 is 4.87 Å². The Morgan fingerprint density at radius 1 is 1.08 bits per heavy atom. The minimum Gasteiger partial charge on any atom is -0.323 e. The van der Waals surface area contributed by atoms with Crippen LogP contribution in [-0.2, 0) is 14.5 Å². The van der Waals surface area contributed by atoms with E-state index in [4.69, 9.17) is 0 Å². The Morgan fingerprint density at radius 2 is 1.75 bits per heavy atom. The summed E-state index contributed by atoms with van der Waals surface area (Å²) < 4.78 is 0. The van der Waals surface area contributed by atoms with Crippen molar-refractivity contribution >= 4 is 35.0 Å². The summed E-state index contributed by atoms with van der Waals surface area (Å²) in [7, 11) is 0. The predicted octanol–water partition coefficient (Wildman–Crippen LogP) is 3.58. The molecule has 0 aliphatic carbocycles. The number of hydrogen-bond donors (Lipinski definition) is 1. The first-order chi connectivity index (χ1) is 11.4. The van der Waals surface area contributed by atoms with E-state index in [1.165, 1.54) is 11.8 Å². The van der Waals surface area contributed by atoms with Crippen molar-refractivity contribution in [1.29, 1.82) is 0 Å². The maximum atomic E-state index is 13.0. The quantitative estimate of drug-likeness (QED) is 0.865. The van der Waals surface area contributed by atoms with Crippen molar-refractivity contribution in [3.63, 3.8) is 0 Å². The van der Waals surface area contributed by atoms with Crippen molar-refractivity contribution in [1.82, 2.24) is 0 Å². The number of para-hydroxylation sites is 1. The van der Waals surface area contributed by atoms with E-state index in [1.54, 1.807) is 4.90 Å². The molecular formula is C19H18N2O2S. The molecule has 0 radical (unpaired) electrons. The van der Waals surface area contributed by atoms with Crippen LogP contribution in [-0.4, -0.2) is 17.1 Å². The SMILES string of the molecule is Cc1cc(C)cc(N2C(=O)[C@@H](C)S[C@]23C(=O)Nc2ccccc23)c1. The van der Waals surface area contributed by atoms with Crippen molar-refractivity contribution in [2.75, 3.05) is 10.2 Å². The lowest BCUT2D eigenvalue weighted by atomic mass is 10.0. The monoisotopic (exact) mass is 338 g/mol. The Bertz CT molecular complexity index is 859. The van der Waals surface area contributed by atoms with Crippen LogP contribution in [0, 0.1) is 13.8 Å². The highest BCUT2D eigenvalue weighted by Gasteiger charge is 2.60. The number of rotatable bonds is 1. The van der Waals surface area contributed by atoms with Gasteiger partial charge in [0.05, 0.1) is 5.25 Å². The molecule has 2 aliphatic rings. The number of benzene rings is 2. The Hall–Kier alpha value is -2.27. The van der Waals surface area contributed by atoms with Gasteiger partial charge in [-0.25, -0.2) is 0 Å². The van der Waals surface area contributed by atoms with Gasteiger partial charge < -0.3 is 5.32 Å². The average Bonchev–Trinajstić information content (AvgIpc) is 2.94. The van der Waals surface area contributed by atoms with Crippen molar-refractivity contribution in [2.45, 2.75) is 30.9 Å². The third kappa shape index (κ3) is 1.94. The van der Waals surface area contributed by atoms with Gasteiger partial charge in [-0.05, 0) is 50.1 Å². The van der Waals surface area contributed by atoms with E-state index in [0.29, 0.717) is 0 Å². The van der Waals surface area contributed by atoms with E-state index in [2.05, 4.69) is 11.4 Å². The molecule has 0 aromatic heterocycles. The molecule has 4 rings (SSSR count). The van der Waals surface area contributed by atoms with Gasteiger partial charge >= 0.3 is 0 Å². The number of fused-ring (bicyclic) bond motifs is 2. The number of anilines is 2. The Kier molecular flexibility index (Phi) is 3.25. The van der Waals surface area contributed by atoms with Crippen molar-refractivity contribution < 1.29 is 9.59 Å². The van der Waals surface area contributed by atoms with Crippen molar-refractivity contribution in [3.05, 3.63) is 59.2 Å². The number of hydrogen-bond acceptors (Lipinski definition) is 3. The van der Waals surface area contributed by atoms with Gasteiger partial charge in [-0.3, -0.25) is 14.5 Å². The zero-order chi connectivity index (χ0) is 17.1. The largest absolute Gasteiger partial charge is 0.323 e. The molecule has 0 unspecified atom stereocenters. The number of carbonyl (C=O) groups is 2. The summed E-state index contributed by atoms with van der Waals surface area (Å²) >= 11 is 1.41. The first-order valence-electron chi connectivity index (χ1n) is 7.94. The number of aryl methyl sites for hydroxylation is 2. The summed E-state index contributed by atoms with van der Waals surface area (Å²) in [4.78, 5) is 26.6. The molecule has 5 heteroatoms. The molecule has 24 heavy (non-hydrogen) atoms. The van der Waals surface area contributed by atoms with Crippen LogP contribution in [0.2, 0.25) is 0 Å². The number of nitrogens with zero attached hydrogens (tertiary/aromatic N) is 1. The fourth-order valence-corrected chi connectivity index (χ4v) is 5.12. The minimum absolute atomic E-state index is 0.0307. The second-order valence-corrected chi connectivity index (χ2v) is 7.96. The second-order valence-electron chi connectivity index (χ2n) is 6.42. The molecule has 0 saturated carbocycles. The van der Waals surface area contributed by atoms with Crippen LogP contribution < -0.4 is 10.2 Å². The lowest BCUT2D eigenvalue weighted by molar-refractivity contribution is -0.122. The van der Waals surface area contributed by atoms with E-state index in [0.717, 1.165) is 28.1 Å². The fourth-order valence-electron chi connectivity index (χ4n) is 3.64. The van der Waals surface area contributed by atoms with Gasteiger partial charge in [0.1, 0.15) is 0 Å². The molecule has 2 aliphatic heterocycles. The van der Waals surface area contributed by atoms with Crippen LogP contribution in [0.4, 0.5) is 11.4 Å². The smallest absolute Gasteiger partial charge is 0.266 e. The number of carbonyl (C=O) groups excluding carboxylic acids is 2. The Labute approximate surface area is 145 Å². The van der Waals surface area contributed by atoms with Crippen LogP contribution in [0.1, 0.15) is 23.6 Å². The van der Waals surface area contributed by atoms with E-state index in [9.17, 15) is 9.59 Å². The lowest BCUT2D eigenvalue weighted by Crippen LogP contribution is -2.47. The van der Waals surface area contributed by atoms with Crippen LogP contribution in [0.15, 0.2) is 42.5 Å². The van der Waals surface area contributed by atoms with Crippen LogP contribution in [0.3, 0.4) is 0 Å². The summed E-state index contributed by atoms with van der Waals surface area (Å²) in [5, 5.41) is 2.67. The molecule has 2 atom stereocenters. The van der Waals surface area contributed by atoms with Crippen LogP contribution >= 0.6 is 11.8 Å². The molecule has 1 fully saturated rings. The summed E-state index contributed by atoms with van der Waals surface area (Å²) in [5.41, 5.74) is 4.57. The molecule has 1 N–H and O–H groups in total. The third-order valence-corrected chi connectivity index (χ3v) is 6.03. The number of thioether (sulfide) groups is 1. The number of amides is 2. The van der Waals surface area contributed by atoms with E-state index in [-0.39, 0.29) is 17.1 Å². The highest BCUT2D eigenvalue weighted by atomic mass is 32.2. The molecule has 1 saturated heterocycles. The van der Waals surface area contributed by atoms with Crippen molar-refractivity contribution in [2.24, 2.45) is 0 Å². The third-order valence-electron chi connectivity index (χ3n) is 4.54. The first-order valence-corrected chi connectivity index (χ1v) is 8.82. The second kappa shape index (κ2) is 5.11. The zero-order valence-corrected chi connectivity index (χ0v) is 14.6. The van der Waals surface area contributed by atoms with Crippen LogP contribution in [0.5, 0.6) is 0 Å². The molecule has 4 nitrogen and oxygen atoms in total. The molecule has 2 heterocycles. The van der Waals surface area contributed by atoms with Crippen LogP contribution in [0.25, 0.3) is 0 Å². The highest BCUT2D eigenvalue weighted by molar-refractivity contribution is 8.03. The van der Waals surface area contributed by atoms with E-state index >= 15 is 0 Å². The molecular weight excluding hydrogens is 320 g/mol. The van der Waals surface area contributed by atoms with Gasteiger partial charge in [0.2, 0.25) is 10.8 Å². The standard InChI is InChI=1S/C19H18N2O2S/c1-11-8-12(2)10-14(9-11)21-17(22)13(3)24-19(21)15-6-4-5-7-16(15)20-18(19)23/h4-10,13H,1-3H3,(H,20,23)/t13-,19-/m1/s1. The molecule has 2 aromatic carbocycles. The van der Waals surface area contributed by atoms with Gasteiger partial charge in [0, 0.05) is 16.9 Å². The summed E-state index contributed by atoms with van der Waals surface area (Å²) in [6.45, 7) is 5.87. The molecule has 2 aromatic rings. The molecule has 1 spiro atoms. The summed E-state index contributed by atoms with van der Waals surface area (Å²) in [6, 6.07) is 13.6. The van der Waals surface area contributed by atoms with Gasteiger partial charge in [-0.1, -0.05) is 24.3 Å². The number of nitrogens with one attached hydrogen (secondary N) is 1. The topological polar surface area (TPSA) is 49.4 Å². The first kappa shape index (κ1) is 15.3. The predicted molar refractivity (Wildman–Crippen MR) is 97.2 cm³/mol. The zero-order valence-electron chi connectivity index (χ0n) is 13.8. The Morgan fingerprint density at radius 3 is 2.46 bits per heavy atom. The minimum atomic E-state index is -1.02. The maximum absolute atomic E-state index is 13.0. The van der Waals surface area contributed by atoms with Gasteiger partial charge in [-0.15, -0.1) is 11.8 Å². The normalized spacial score (nSPS) is 25.3. The molecule has 122 valence electrons. The summed E-state index contributed by atoms with van der Waals surface area (Å²) in [5.74, 6) is -0.178. The molecule has 0 bridgehead atoms. The maximum Gasteiger partial charge on any atom is 0.266 e. The van der Waals surface area contributed by atoms with Gasteiger partial charge in [-0.2, -0.15) is 0 Å². The van der Waals surface area contributed by atoms with Gasteiger partial charge in [0.15, 0.2) is 0 Å². The van der Waals surface area contributed by atoms with Crippen molar-refractivity contribution in [3.8, 4) is 0 Å².